The molecule has 0 spiro atoms. The van der Waals surface area contributed by atoms with E-state index in [9.17, 15) is 4.79 Å². The first-order valence-electron chi connectivity index (χ1n) is 6.71. The third-order valence-corrected chi connectivity index (χ3v) is 2.89. The summed E-state index contributed by atoms with van der Waals surface area (Å²) >= 11 is 0. The van der Waals surface area contributed by atoms with Gasteiger partial charge in [0.25, 0.3) is 0 Å². The zero-order valence-corrected chi connectivity index (χ0v) is 12.6. The van der Waals surface area contributed by atoms with E-state index in [2.05, 4.69) is 27.7 Å². The van der Waals surface area contributed by atoms with Gasteiger partial charge in [-0.05, 0) is 29.0 Å². The predicted octanol–water partition coefficient (Wildman–Crippen LogP) is 3.49. The lowest BCUT2D eigenvalue weighted by molar-refractivity contribution is -0.139. The molecule has 0 unspecified atom stereocenters. The first-order valence-corrected chi connectivity index (χ1v) is 6.71. The number of benzene rings is 1. The zero-order chi connectivity index (χ0) is 14.5. The summed E-state index contributed by atoms with van der Waals surface area (Å²) in [4.78, 5) is 11.3. The molecule has 0 saturated carbocycles. The van der Waals surface area contributed by atoms with Crippen LogP contribution in [0.3, 0.4) is 0 Å². The fourth-order valence-electron chi connectivity index (χ4n) is 1.85. The van der Waals surface area contributed by atoms with Crippen LogP contribution in [-0.4, -0.2) is 19.7 Å². The molecule has 0 heterocycles. The molecule has 1 rings (SSSR count). The highest BCUT2D eigenvalue weighted by Gasteiger charge is 2.20. The number of methoxy groups -OCH3 is 1. The minimum absolute atomic E-state index is 0.0186. The quantitative estimate of drug-likeness (QED) is 0.764. The van der Waals surface area contributed by atoms with Gasteiger partial charge in [-0.1, -0.05) is 39.8 Å². The van der Waals surface area contributed by atoms with Crippen molar-refractivity contribution in [1.29, 1.82) is 0 Å². The van der Waals surface area contributed by atoms with Gasteiger partial charge in [-0.2, -0.15) is 0 Å². The van der Waals surface area contributed by atoms with Gasteiger partial charge in [0, 0.05) is 0 Å². The third kappa shape index (κ3) is 4.58. The van der Waals surface area contributed by atoms with E-state index in [1.165, 1.54) is 7.11 Å². The SMILES string of the molecule is CCCOc1ccc(CC(=O)OC)cc1C(C)(C)C. The number of hydrogen-bond acceptors (Lipinski definition) is 3. The van der Waals surface area contributed by atoms with Crippen LogP contribution in [0.1, 0.15) is 45.2 Å². The molecule has 0 atom stereocenters. The maximum absolute atomic E-state index is 11.3. The summed E-state index contributed by atoms with van der Waals surface area (Å²) in [5.74, 6) is 0.685. The third-order valence-electron chi connectivity index (χ3n) is 2.89. The van der Waals surface area contributed by atoms with E-state index >= 15 is 0 Å². The molecule has 0 amide bonds. The molecule has 0 aromatic heterocycles. The molecule has 19 heavy (non-hydrogen) atoms. The predicted molar refractivity (Wildman–Crippen MR) is 76.6 cm³/mol. The van der Waals surface area contributed by atoms with Crippen molar-refractivity contribution >= 4 is 5.97 Å². The lowest BCUT2D eigenvalue weighted by Gasteiger charge is -2.23. The van der Waals surface area contributed by atoms with Crippen LogP contribution < -0.4 is 4.74 Å². The van der Waals surface area contributed by atoms with Gasteiger partial charge in [0.2, 0.25) is 0 Å². The molecular formula is C16H24O3. The first kappa shape index (κ1) is 15.5. The average molecular weight is 264 g/mol. The van der Waals surface area contributed by atoms with Crippen molar-refractivity contribution in [3.05, 3.63) is 29.3 Å². The molecular weight excluding hydrogens is 240 g/mol. The van der Waals surface area contributed by atoms with E-state index in [0.717, 1.165) is 23.3 Å². The Balaban J connectivity index is 3.05. The molecule has 3 nitrogen and oxygen atoms in total. The molecule has 0 fully saturated rings. The topological polar surface area (TPSA) is 35.5 Å². The van der Waals surface area contributed by atoms with Gasteiger partial charge in [0.15, 0.2) is 0 Å². The maximum Gasteiger partial charge on any atom is 0.309 e. The molecule has 3 heteroatoms. The van der Waals surface area contributed by atoms with Gasteiger partial charge in [-0.3, -0.25) is 4.79 Å². The Bertz CT molecular complexity index is 430. The van der Waals surface area contributed by atoms with Crippen LogP contribution in [0.5, 0.6) is 5.75 Å². The van der Waals surface area contributed by atoms with Gasteiger partial charge in [-0.25, -0.2) is 0 Å². The van der Waals surface area contributed by atoms with E-state index in [0.29, 0.717) is 13.0 Å². The normalized spacial score (nSPS) is 11.2. The van der Waals surface area contributed by atoms with E-state index in [1.54, 1.807) is 0 Å². The van der Waals surface area contributed by atoms with Crippen LogP contribution in [0, 0.1) is 0 Å². The summed E-state index contributed by atoms with van der Waals surface area (Å²) in [6, 6.07) is 5.92. The molecule has 0 N–H and O–H groups in total. The van der Waals surface area contributed by atoms with E-state index in [4.69, 9.17) is 9.47 Å². The smallest absolute Gasteiger partial charge is 0.309 e. The minimum Gasteiger partial charge on any atom is -0.493 e. The number of rotatable bonds is 5. The summed E-state index contributed by atoms with van der Waals surface area (Å²) < 4.78 is 10.5. The van der Waals surface area contributed by atoms with Crippen LogP contribution in [0.15, 0.2) is 18.2 Å². The highest BCUT2D eigenvalue weighted by molar-refractivity contribution is 5.72. The molecule has 0 saturated heterocycles. The number of esters is 1. The van der Waals surface area contributed by atoms with E-state index < -0.39 is 0 Å². The number of carbonyl (C=O) groups is 1. The van der Waals surface area contributed by atoms with Gasteiger partial charge in [-0.15, -0.1) is 0 Å². The summed E-state index contributed by atoms with van der Waals surface area (Å²) in [7, 11) is 1.41. The Morgan fingerprint density at radius 2 is 1.95 bits per heavy atom. The lowest BCUT2D eigenvalue weighted by Crippen LogP contribution is -2.15. The van der Waals surface area contributed by atoms with Crippen LogP contribution in [0.4, 0.5) is 0 Å². The Hall–Kier alpha value is -1.51. The maximum atomic E-state index is 11.3. The number of ether oxygens (including phenoxy) is 2. The summed E-state index contributed by atoms with van der Waals surface area (Å²) in [6.07, 6.45) is 1.28. The van der Waals surface area contributed by atoms with Gasteiger partial charge < -0.3 is 9.47 Å². The molecule has 106 valence electrons. The molecule has 0 bridgehead atoms. The molecule has 1 aromatic carbocycles. The molecule has 0 aliphatic rings. The average Bonchev–Trinajstić information content (AvgIpc) is 2.35. The van der Waals surface area contributed by atoms with Gasteiger partial charge in [0.05, 0.1) is 20.1 Å². The molecule has 0 aliphatic carbocycles. The fraction of sp³-hybridized carbons (Fsp3) is 0.562. The van der Waals surface area contributed by atoms with Crippen molar-refractivity contribution in [2.75, 3.05) is 13.7 Å². The number of hydrogen-bond donors (Lipinski definition) is 0. The second kappa shape index (κ2) is 6.60. The van der Waals surface area contributed by atoms with Crippen molar-refractivity contribution in [3.8, 4) is 5.75 Å². The highest BCUT2D eigenvalue weighted by Crippen LogP contribution is 2.32. The summed E-state index contributed by atoms with van der Waals surface area (Å²) in [5, 5.41) is 0. The van der Waals surface area contributed by atoms with E-state index in [1.807, 2.05) is 18.2 Å². The zero-order valence-electron chi connectivity index (χ0n) is 12.6. The second-order valence-electron chi connectivity index (χ2n) is 5.68. The van der Waals surface area contributed by atoms with Crippen LogP contribution in [0.2, 0.25) is 0 Å². The van der Waals surface area contributed by atoms with Crippen molar-refractivity contribution in [3.63, 3.8) is 0 Å². The van der Waals surface area contributed by atoms with Crippen molar-refractivity contribution in [1.82, 2.24) is 0 Å². The Kier molecular flexibility index (Phi) is 5.40. The van der Waals surface area contributed by atoms with Crippen LogP contribution >= 0.6 is 0 Å². The van der Waals surface area contributed by atoms with Crippen LogP contribution in [-0.2, 0) is 21.4 Å². The first-order chi connectivity index (χ1) is 8.88. The second-order valence-corrected chi connectivity index (χ2v) is 5.68. The Morgan fingerprint density at radius 3 is 2.47 bits per heavy atom. The Labute approximate surface area is 115 Å². The van der Waals surface area contributed by atoms with Crippen molar-refractivity contribution < 1.29 is 14.3 Å². The minimum atomic E-state index is -0.220. The summed E-state index contributed by atoms with van der Waals surface area (Å²) in [6.45, 7) is 9.22. The highest BCUT2D eigenvalue weighted by atomic mass is 16.5. The molecule has 0 radical (unpaired) electrons. The van der Waals surface area contributed by atoms with Gasteiger partial charge >= 0.3 is 5.97 Å². The molecule has 1 aromatic rings. The van der Waals surface area contributed by atoms with E-state index in [-0.39, 0.29) is 11.4 Å². The van der Waals surface area contributed by atoms with Crippen LogP contribution in [0.25, 0.3) is 0 Å². The standard InChI is InChI=1S/C16H24O3/c1-6-9-19-14-8-7-12(11-15(17)18-5)10-13(14)16(2,3)4/h7-8,10H,6,9,11H2,1-5H3. The fourth-order valence-corrected chi connectivity index (χ4v) is 1.85. The molecule has 0 aliphatic heterocycles. The van der Waals surface area contributed by atoms with Crippen molar-refractivity contribution in [2.24, 2.45) is 0 Å². The van der Waals surface area contributed by atoms with Gasteiger partial charge in [0.1, 0.15) is 5.75 Å². The number of carbonyl (C=O) groups excluding carboxylic acids is 1. The van der Waals surface area contributed by atoms with Crippen molar-refractivity contribution in [2.45, 2.75) is 46.0 Å². The summed E-state index contributed by atoms with van der Waals surface area (Å²) in [5.41, 5.74) is 2.07. The largest absolute Gasteiger partial charge is 0.493 e. The Morgan fingerprint density at radius 1 is 1.26 bits per heavy atom. The monoisotopic (exact) mass is 264 g/mol. The lowest BCUT2D eigenvalue weighted by atomic mass is 9.85.